The Labute approximate surface area is 75.9 Å². The van der Waals surface area contributed by atoms with Gasteiger partial charge < -0.3 is 5.73 Å². The average Bonchev–Trinajstić information content (AvgIpc) is 2.49. The molecule has 0 saturated carbocycles. The second kappa shape index (κ2) is 2.98. The molecule has 1 aliphatic heterocycles. The Hall–Kier alpha value is -0.700. The second-order valence-corrected chi connectivity index (χ2v) is 4.28. The third kappa shape index (κ3) is 1.29. The summed E-state index contributed by atoms with van der Waals surface area (Å²) in [6.45, 7) is 0. The first-order valence-corrected chi connectivity index (χ1v) is 5.08. The van der Waals surface area contributed by atoms with Gasteiger partial charge in [-0.05, 0) is 12.8 Å². The molecule has 2 nitrogen and oxygen atoms in total. The summed E-state index contributed by atoms with van der Waals surface area (Å²) in [6.07, 6.45) is 5.97. The van der Waals surface area contributed by atoms with Crippen molar-refractivity contribution in [3.05, 3.63) is 22.6 Å². The smallest absolute Gasteiger partial charge is 0.224 e. The number of nitrogens with two attached hydrogens (primary N) is 1. The molecule has 0 radical (unpaired) electrons. The molecule has 0 bridgehead atoms. The van der Waals surface area contributed by atoms with Gasteiger partial charge in [-0.1, -0.05) is 17.7 Å². The molecular weight excluding hydrogens is 170 g/mol. The molecular formula is C9H11NOS. The fourth-order valence-corrected chi connectivity index (χ4v) is 2.74. The van der Waals surface area contributed by atoms with Gasteiger partial charge in [-0.25, -0.2) is 0 Å². The molecule has 0 fully saturated rings. The summed E-state index contributed by atoms with van der Waals surface area (Å²) in [5.41, 5.74) is 6.65. The molecule has 0 saturated heterocycles. The number of carbonyl (C=O) groups is 1. The molecule has 0 aromatic carbocycles. The Morgan fingerprint density at radius 1 is 1.67 bits per heavy atom. The fourth-order valence-electron chi connectivity index (χ4n) is 1.61. The molecule has 12 heavy (non-hydrogen) atoms. The predicted octanol–water partition coefficient (Wildman–Crippen LogP) is 1.44. The summed E-state index contributed by atoms with van der Waals surface area (Å²) in [5, 5.41) is 0. The van der Waals surface area contributed by atoms with Gasteiger partial charge in [-0.3, -0.25) is 4.79 Å². The van der Waals surface area contributed by atoms with Crippen molar-refractivity contribution >= 4 is 17.7 Å². The number of allylic oxidation sites excluding steroid dienone is 2. The number of carbonyl (C=O) groups excluding carboxylic acids is 1. The van der Waals surface area contributed by atoms with Gasteiger partial charge in [-0.2, -0.15) is 0 Å². The molecule has 1 amide bonds. The maximum absolute atomic E-state index is 10.9. The number of primary amides is 1. The van der Waals surface area contributed by atoms with Gasteiger partial charge in [0.2, 0.25) is 5.91 Å². The van der Waals surface area contributed by atoms with Crippen molar-refractivity contribution in [1.82, 2.24) is 0 Å². The molecule has 0 aromatic heterocycles. The summed E-state index contributed by atoms with van der Waals surface area (Å²) in [4.78, 5) is 12.3. The van der Waals surface area contributed by atoms with E-state index in [9.17, 15) is 4.79 Å². The van der Waals surface area contributed by atoms with Crippen LogP contribution >= 0.6 is 11.8 Å². The molecule has 1 unspecified atom stereocenters. The Balaban J connectivity index is 2.15. The third-order valence-corrected chi connectivity index (χ3v) is 3.47. The van der Waals surface area contributed by atoms with Crippen molar-refractivity contribution in [3.63, 3.8) is 0 Å². The lowest BCUT2D eigenvalue weighted by atomic mass is 9.92. The average molecular weight is 181 g/mol. The molecule has 64 valence electrons. The van der Waals surface area contributed by atoms with Gasteiger partial charge in [-0.15, -0.1) is 11.8 Å². The Morgan fingerprint density at radius 3 is 3.25 bits per heavy atom. The normalized spacial score (nSPS) is 27.5. The van der Waals surface area contributed by atoms with Crippen LogP contribution in [0.4, 0.5) is 0 Å². The lowest BCUT2D eigenvalue weighted by Gasteiger charge is -2.14. The van der Waals surface area contributed by atoms with E-state index in [4.69, 9.17) is 5.73 Å². The quantitative estimate of drug-likeness (QED) is 0.665. The van der Waals surface area contributed by atoms with Crippen LogP contribution in [-0.2, 0) is 4.79 Å². The standard InChI is InChI=1S/C9H11NOS/c10-9(11)7-1-2-8-6(5-7)3-4-12-8/h1-2,7H,3-5H2,(H2,10,11). The summed E-state index contributed by atoms with van der Waals surface area (Å²) < 4.78 is 0. The maximum Gasteiger partial charge on any atom is 0.224 e. The Bertz CT molecular complexity index is 280. The highest BCUT2D eigenvalue weighted by molar-refractivity contribution is 8.03. The van der Waals surface area contributed by atoms with Crippen LogP contribution in [0.3, 0.4) is 0 Å². The lowest BCUT2D eigenvalue weighted by molar-refractivity contribution is -0.120. The first kappa shape index (κ1) is 7.92. The summed E-state index contributed by atoms with van der Waals surface area (Å²) in [7, 11) is 0. The molecule has 2 rings (SSSR count). The molecule has 2 N–H and O–H groups in total. The van der Waals surface area contributed by atoms with E-state index in [0.29, 0.717) is 0 Å². The zero-order valence-electron chi connectivity index (χ0n) is 6.75. The zero-order valence-corrected chi connectivity index (χ0v) is 7.56. The summed E-state index contributed by atoms with van der Waals surface area (Å²) >= 11 is 1.88. The first-order chi connectivity index (χ1) is 5.77. The van der Waals surface area contributed by atoms with Crippen molar-refractivity contribution in [3.8, 4) is 0 Å². The summed E-state index contributed by atoms with van der Waals surface area (Å²) in [6, 6.07) is 0. The maximum atomic E-state index is 10.9. The minimum Gasteiger partial charge on any atom is -0.369 e. The highest BCUT2D eigenvalue weighted by Crippen LogP contribution is 2.38. The van der Waals surface area contributed by atoms with Crippen molar-refractivity contribution < 1.29 is 4.79 Å². The number of amides is 1. The van der Waals surface area contributed by atoms with Crippen LogP contribution in [0.1, 0.15) is 12.8 Å². The Morgan fingerprint density at radius 2 is 2.50 bits per heavy atom. The van der Waals surface area contributed by atoms with Crippen LogP contribution in [0.25, 0.3) is 0 Å². The van der Waals surface area contributed by atoms with E-state index >= 15 is 0 Å². The van der Waals surface area contributed by atoms with E-state index in [-0.39, 0.29) is 11.8 Å². The van der Waals surface area contributed by atoms with Crippen molar-refractivity contribution in [2.24, 2.45) is 11.7 Å². The lowest BCUT2D eigenvalue weighted by Crippen LogP contribution is -2.23. The predicted molar refractivity (Wildman–Crippen MR) is 50.5 cm³/mol. The van der Waals surface area contributed by atoms with Gasteiger partial charge in [0, 0.05) is 10.7 Å². The zero-order chi connectivity index (χ0) is 8.55. The molecule has 1 atom stereocenters. The van der Waals surface area contributed by atoms with Gasteiger partial charge in [0.15, 0.2) is 0 Å². The molecule has 1 heterocycles. The highest BCUT2D eigenvalue weighted by atomic mass is 32.2. The van der Waals surface area contributed by atoms with E-state index in [1.165, 1.54) is 16.2 Å². The molecule has 3 heteroatoms. The number of rotatable bonds is 1. The highest BCUT2D eigenvalue weighted by Gasteiger charge is 2.23. The van der Waals surface area contributed by atoms with Crippen LogP contribution < -0.4 is 5.73 Å². The molecule has 0 aromatic rings. The minimum absolute atomic E-state index is 0.0533. The summed E-state index contributed by atoms with van der Waals surface area (Å²) in [5.74, 6) is 0.915. The van der Waals surface area contributed by atoms with Crippen LogP contribution in [0, 0.1) is 5.92 Å². The third-order valence-electron chi connectivity index (χ3n) is 2.32. The Kier molecular flexibility index (Phi) is 1.97. The number of hydrogen-bond acceptors (Lipinski definition) is 2. The van der Waals surface area contributed by atoms with Crippen molar-refractivity contribution in [2.75, 3.05) is 5.75 Å². The first-order valence-electron chi connectivity index (χ1n) is 4.09. The van der Waals surface area contributed by atoms with Crippen LogP contribution in [0.2, 0.25) is 0 Å². The van der Waals surface area contributed by atoms with Crippen molar-refractivity contribution in [2.45, 2.75) is 12.8 Å². The topological polar surface area (TPSA) is 43.1 Å². The molecule has 2 aliphatic rings. The molecule has 0 spiro atoms. The SMILES string of the molecule is NC(=O)C1C=CC2=C(CCS2)C1. The van der Waals surface area contributed by atoms with E-state index in [0.717, 1.165) is 12.8 Å². The van der Waals surface area contributed by atoms with Gasteiger partial charge >= 0.3 is 0 Å². The second-order valence-electron chi connectivity index (χ2n) is 3.14. The van der Waals surface area contributed by atoms with Crippen molar-refractivity contribution in [1.29, 1.82) is 0 Å². The number of thioether (sulfide) groups is 1. The van der Waals surface area contributed by atoms with Gasteiger partial charge in [0.25, 0.3) is 0 Å². The van der Waals surface area contributed by atoms with E-state index < -0.39 is 0 Å². The van der Waals surface area contributed by atoms with E-state index in [2.05, 4.69) is 0 Å². The van der Waals surface area contributed by atoms with Gasteiger partial charge in [0.1, 0.15) is 0 Å². The van der Waals surface area contributed by atoms with Crippen LogP contribution in [0.15, 0.2) is 22.6 Å². The van der Waals surface area contributed by atoms with Gasteiger partial charge in [0.05, 0.1) is 5.92 Å². The fraction of sp³-hybridized carbons (Fsp3) is 0.444. The van der Waals surface area contributed by atoms with Crippen LogP contribution in [0.5, 0.6) is 0 Å². The van der Waals surface area contributed by atoms with Crippen LogP contribution in [-0.4, -0.2) is 11.7 Å². The largest absolute Gasteiger partial charge is 0.369 e. The monoisotopic (exact) mass is 181 g/mol. The molecule has 1 aliphatic carbocycles. The minimum atomic E-state index is -0.199. The number of hydrogen-bond donors (Lipinski definition) is 1. The van der Waals surface area contributed by atoms with E-state index in [1.54, 1.807) is 0 Å². The van der Waals surface area contributed by atoms with E-state index in [1.807, 2.05) is 23.9 Å².